The van der Waals surface area contributed by atoms with Gasteiger partial charge in [0.2, 0.25) is 5.91 Å². The van der Waals surface area contributed by atoms with Crippen molar-refractivity contribution in [2.75, 3.05) is 31.1 Å². The Labute approximate surface area is 124 Å². The molecule has 120 valence electrons. The van der Waals surface area contributed by atoms with Gasteiger partial charge in [0.05, 0.1) is 11.5 Å². The summed E-state index contributed by atoms with van der Waals surface area (Å²) in [7, 11) is -3.14. The van der Waals surface area contributed by atoms with Crippen LogP contribution in [0.25, 0.3) is 0 Å². The van der Waals surface area contributed by atoms with Crippen molar-refractivity contribution in [3.8, 4) is 0 Å². The average Bonchev–Trinajstić information content (AvgIpc) is 3.02. The van der Waals surface area contributed by atoms with Crippen LogP contribution >= 0.6 is 0 Å². The van der Waals surface area contributed by atoms with Gasteiger partial charge in [0.1, 0.15) is 6.54 Å². The normalized spacial score (nSPS) is 27.6. The van der Waals surface area contributed by atoms with E-state index in [4.69, 9.17) is 5.11 Å². The Bertz CT molecular complexity index is 499. The molecule has 2 saturated heterocycles. The standard InChI is InChI=1S/C13H22N2O5S/c16-12(2-1-10-3-5-14-7-10)15(8-13(17)18)11-4-6-21(19,20)9-11/h10-11,14H,1-9H2,(H,17,18). The van der Waals surface area contributed by atoms with Gasteiger partial charge in [0.25, 0.3) is 0 Å². The molecule has 0 saturated carbocycles. The van der Waals surface area contributed by atoms with E-state index in [1.54, 1.807) is 0 Å². The number of sulfone groups is 1. The first-order valence-corrected chi connectivity index (χ1v) is 9.12. The highest BCUT2D eigenvalue weighted by Gasteiger charge is 2.35. The monoisotopic (exact) mass is 318 g/mol. The molecule has 2 rings (SSSR count). The Hall–Kier alpha value is -1.15. The third kappa shape index (κ3) is 4.67. The first-order valence-electron chi connectivity index (χ1n) is 7.30. The molecule has 2 unspecified atom stereocenters. The summed E-state index contributed by atoms with van der Waals surface area (Å²) >= 11 is 0. The maximum Gasteiger partial charge on any atom is 0.323 e. The molecule has 0 aromatic carbocycles. The number of carbonyl (C=O) groups is 2. The van der Waals surface area contributed by atoms with Gasteiger partial charge in [-0.1, -0.05) is 0 Å². The number of amides is 1. The van der Waals surface area contributed by atoms with Crippen LogP contribution in [0.15, 0.2) is 0 Å². The van der Waals surface area contributed by atoms with Crippen molar-refractivity contribution in [2.24, 2.45) is 5.92 Å². The summed E-state index contributed by atoms with van der Waals surface area (Å²) in [5.41, 5.74) is 0. The number of rotatable bonds is 6. The third-order valence-corrected chi connectivity index (χ3v) is 5.95. The number of nitrogens with one attached hydrogen (secondary N) is 1. The van der Waals surface area contributed by atoms with Gasteiger partial charge in [0, 0.05) is 12.5 Å². The second-order valence-electron chi connectivity index (χ2n) is 5.87. The van der Waals surface area contributed by atoms with Crippen LogP contribution in [0.5, 0.6) is 0 Å². The second-order valence-corrected chi connectivity index (χ2v) is 8.10. The minimum Gasteiger partial charge on any atom is -0.480 e. The Balaban J connectivity index is 1.94. The molecule has 2 fully saturated rings. The van der Waals surface area contributed by atoms with E-state index in [2.05, 4.69) is 5.32 Å². The van der Waals surface area contributed by atoms with E-state index in [0.717, 1.165) is 25.9 Å². The lowest BCUT2D eigenvalue weighted by molar-refractivity contribution is -0.146. The fourth-order valence-electron chi connectivity index (χ4n) is 3.02. The molecule has 7 nitrogen and oxygen atoms in total. The highest BCUT2D eigenvalue weighted by atomic mass is 32.2. The van der Waals surface area contributed by atoms with Crippen molar-refractivity contribution < 1.29 is 23.1 Å². The van der Waals surface area contributed by atoms with Crippen molar-refractivity contribution in [3.63, 3.8) is 0 Å². The van der Waals surface area contributed by atoms with Crippen LogP contribution < -0.4 is 5.32 Å². The summed E-state index contributed by atoms with van der Waals surface area (Å²) < 4.78 is 23.1. The fourth-order valence-corrected chi connectivity index (χ4v) is 4.75. The molecule has 0 aromatic heterocycles. The van der Waals surface area contributed by atoms with Gasteiger partial charge < -0.3 is 15.3 Å². The minimum atomic E-state index is -3.14. The Morgan fingerprint density at radius 1 is 1.29 bits per heavy atom. The van der Waals surface area contributed by atoms with Crippen LogP contribution in [0.2, 0.25) is 0 Å². The maximum atomic E-state index is 12.3. The second kappa shape index (κ2) is 6.74. The smallest absolute Gasteiger partial charge is 0.323 e. The van der Waals surface area contributed by atoms with E-state index in [1.807, 2.05) is 0 Å². The molecule has 2 aliphatic heterocycles. The van der Waals surface area contributed by atoms with Crippen LogP contribution in [0.1, 0.15) is 25.7 Å². The summed E-state index contributed by atoms with van der Waals surface area (Å²) in [4.78, 5) is 24.5. The lowest BCUT2D eigenvalue weighted by Crippen LogP contribution is -2.44. The number of hydrogen-bond donors (Lipinski definition) is 2. The molecule has 2 N–H and O–H groups in total. The van der Waals surface area contributed by atoms with Crippen LogP contribution in [0.4, 0.5) is 0 Å². The van der Waals surface area contributed by atoms with E-state index in [-0.39, 0.29) is 23.8 Å². The molecule has 0 aliphatic carbocycles. The Kier molecular flexibility index (Phi) is 5.21. The fraction of sp³-hybridized carbons (Fsp3) is 0.846. The van der Waals surface area contributed by atoms with Crippen LogP contribution in [0, 0.1) is 5.92 Å². The van der Waals surface area contributed by atoms with Gasteiger partial charge in [-0.15, -0.1) is 0 Å². The first-order chi connectivity index (χ1) is 9.87. The van der Waals surface area contributed by atoms with Gasteiger partial charge >= 0.3 is 5.97 Å². The van der Waals surface area contributed by atoms with Crippen molar-refractivity contribution >= 4 is 21.7 Å². The molecular formula is C13H22N2O5S. The quantitative estimate of drug-likeness (QED) is 0.683. The largest absolute Gasteiger partial charge is 0.480 e. The average molecular weight is 318 g/mol. The molecule has 2 aliphatic rings. The highest BCUT2D eigenvalue weighted by Crippen LogP contribution is 2.21. The zero-order valence-corrected chi connectivity index (χ0v) is 12.8. The molecular weight excluding hydrogens is 296 g/mol. The van der Waals surface area contributed by atoms with Gasteiger partial charge in [-0.3, -0.25) is 9.59 Å². The van der Waals surface area contributed by atoms with Gasteiger partial charge in [-0.2, -0.15) is 0 Å². The van der Waals surface area contributed by atoms with Gasteiger partial charge in [0.15, 0.2) is 9.84 Å². The zero-order chi connectivity index (χ0) is 15.5. The predicted molar refractivity (Wildman–Crippen MR) is 76.6 cm³/mol. The lowest BCUT2D eigenvalue weighted by Gasteiger charge is -2.27. The highest BCUT2D eigenvalue weighted by molar-refractivity contribution is 7.91. The predicted octanol–water partition coefficient (Wildman–Crippen LogP) is -0.524. The van der Waals surface area contributed by atoms with E-state index >= 15 is 0 Å². The van der Waals surface area contributed by atoms with E-state index in [9.17, 15) is 18.0 Å². The van der Waals surface area contributed by atoms with Crippen LogP contribution in [0.3, 0.4) is 0 Å². The zero-order valence-electron chi connectivity index (χ0n) is 12.0. The Morgan fingerprint density at radius 2 is 2.05 bits per heavy atom. The summed E-state index contributed by atoms with van der Waals surface area (Å²) in [6.07, 6.45) is 2.38. The van der Waals surface area contributed by atoms with E-state index in [0.29, 0.717) is 12.3 Å². The number of carboxylic acids is 1. The molecule has 0 aromatic rings. The van der Waals surface area contributed by atoms with E-state index < -0.39 is 28.4 Å². The third-order valence-electron chi connectivity index (χ3n) is 4.20. The molecule has 21 heavy (non-hydrogen) atoms. The summed E-state index contributed by atoms with van der Waals surface area (Å²) in [5, 5.41) is 12.2. The maximum absolute atomic E-state index is 12.3. The Morgan fingerprint density at radius 3 is 2.57 bits per heavy atom. The summed E-state index contributed by atoms with van der Waals surface area (Å²) in [6.45, 7) is 1.44. The molecule has 2 atom stereocenters. The summed E-state index contributed by atoms with van der Waals surface area (Å²) in [5.74, 6) is -0.973. The van der Waals surface area contributed by atoms with Crippen molar-refractivity contribution in [1.29, 1.82) is 0 Å². The van der Waals surface area contributed by atoms with E-state index in [1.165, 1.54) is 4.90 Å². The molecule has 0 spiro atoms. The molecule has 8 heteroatoms. The van der Waals surface area contributed by atoms with Crippen molar-refractivity contribution in [1.82, 2.24) is 10.2 Å². The first kappa shape index (κ1) is 16.2. The number of carbonyl (C=O) groups excluding carboxylic acids is 1. The molecule has 0 radical (unpaired) electrons. The topological polar surface area (TPSA) is 104 Å². The lowest BCUT2D eigenvalue weighted by atomic mass is 10.0. The number of hydrogen-bond acceptors (Lipinski definition) is 5. The molecule has 2 heterocycles. The number of aliphatic carboxylic acids is 1. The molecule has 1 amide bonds. The van der Waals surface area contributed by atoms with Crippen LogP contribution in [-0.2, 0) is 19.4 Å². The number of nitrogens with zero attached hydrogens (tertiary/aromatic N) is 1. The summed E-state index contributed by atoms with van der Waals surface area (Å²) in [6, 6.07) is -0.486. The van der Waals surface area contributed by atoms with Gasteiger partial charge in [-0.25, -0.2) is 8.42 Å². The van der Waals surface area contributed by atoms with Crippen LogP contribution in [-0.4, -0.2) is 67.5 Å². The molecule has 0 bridgehead atoms. The van der Waals surface area contributed by atoms with Crippen molar-refractivity contribution in [2.45, 2.75) is 31.7 Å². The number of carboxylic acid groups (broad SMARTS) is 1. The van der Waals surface area contributed by atoms with Gasteiger partial charge in [-0.05, 0) is 38.3 Å². The van der Waals surface area contributed by atoms with Crippen molar-refractivity contribution in [3.05, 3.63) is 0 Å². The minimum absolute atomic E-state index is 0.0353. The SMILES string of the molecule is O=C(O)CN(C(=O)CCC1CCNC1)C1CCS(=O)(=O)C1.